The highest BCUT2D eigenvalue weighted by atomic mass is 79.9. The second-order valence-corrected chi connectivity index (χ2v) is 5.43. The minimum Gasteiger partial charge on any atom is -0.496 e. The summed E-state index contributed by atoms with van der Waals surface area (Å²) in [6.45, 7) is 2.38. The lowest BCUT2D eigenvalue weighted by molar-refractivity contribution is 0.256. The molecule has 2 aromatic carbocycles. The number of aliphatic hydroxyl groups excluding tert-OH is 1. The van der Waals surface area contributed by atoms with Crippen molar-refractivity contribution in [3.05, 3.63) is 57.6 Å². The fraction of sp³-hybridized carbons (Fsp3) is 0.250. The predicted molar refractivity (Wildman–Crippen MR) is 82.1 cm³/mol. The summed E-state index contributed by atoms with van der Waals surface area (Å²) in [7, 11) is 1.65. The van der Waals surface area contributed by atoms with Gasteiger partial charge in [0.15, 0.2) is 0 Å². The molecule has 2 rings (SSSR count). The molecule has 0 radical (unpaired) electrons. The fourth-order valence-corrected chi connectivity index (χ4v) is 2.40. The van der Waals surface area contributed by atoms with Crippen molar-refractivity contribution in [3.8, 4) is 11.5 Å². The van der Waals surface area contributed by atoms with Gasteiger partial charge in [-0.05, 0) is 37.3 Å². The average Bonchev–Trinajstić information content (AvgIpc) is 2.46. The quantitative estimate of drug-likeness (QED) is 0.901. The Kier molecular flexibility index (Phi) is 5.04. The molecule has 0 amide bonds. The number of halogens is 1. The van der Waals surface area contributed by atoms with E-state index in [1.54, 1.807) is 7.11 Å². The molecule has 0 saturated heterocycles. The molecule has 2 aromatic rings. The number of rotatable bonds is 5. The van der Waals surface area contributed by atoms with Crippen LogP contribution in [-0.2, 0) is 13.2 Å². The van der Waals surface area contributed by atoms with Gasteiger partial charge in [-0.1, -0.05) is 27.6 Å². The standard InChI is InChI=1S/C16H17BrO3/c1-11-3-5-15(19-2)13(7-11)10-20-16-6-4-14(17)8-12(16)9-18/h3-8,18H,9-10H2,1-2H3. The van der Waals surface area contributed by atoms with E-state index in [2.05, 4.69) is 15.9 Å². The highest BCUT2D eigenvalue weighted by Crippen LogP contribution is 2.26. The van der Waals surface area contributed by atoms with Gasteiger partial charge >= 0.3 is 0 Å². The monoisotopic (exact) mass is 336 g/mol. The normalized spacial score (nSPS) is 10.4. The van der Waals surface area contributed by atoms with E-state index in [1.165, 1.54) is 0 Å². The third-order valence-corrected chi connectivity index (χ3v) is 3.51. The minimum atomic E-state index is -0.0558. The van der Waals surface area contributed by atoms with E-state index >= 15 is 0 Å². The number of aliphatic hydroxyl groups is 1. The summed E-state index contributed by atoms with van der Waals surface area (Å²) in [6.07, 6.45) is 0. The van der Waals surface area contributed by atoms with Crippen molar-refractivity contribution < 1.29 is 14.6 Å². The topological polar surface area (TPSA) is 38.7 Å². The molecule has 0 aromatic heterocycles. The van der Waals surface area contributed by atoms with Gasteiger partial charge in [-0.15, -0.1) is 0 Å². The third-order valence-electron chi connectivity index (χ3n) is 3.01. The largest absolute Gasteiger partial charge is 0.496 e. The molecule has 0 aliphatic heterocycles. The Hall–Kier alpha value is -1.52. The Morgan fingerprint density at radius 1 is 1.05 bits per heavy atom. The molecule has 1 N–H and O–H groups in total. The highest BCUT2D eigenvalue weighted by molar-refractivity contribution is 9.10. The van der Waals surface area contributed by atoms with Crippen molar-refractivity contribution in [2.75, 3.05) is 7.11 Å². The van der Waals surface area contributed by atoms with Crippen LogP contribution >= 0.6 is 15.9 Å². The number of methoxy groups -OCH3 is 1. The molecular formula is C16H17BrO3. The van der Waals surface area contributed by atoms with E-state index in [1.807, 2.05) is 43.3 Å². The van der Waals surface area contributed by atoms with Crippen LogP contribution in [0, 0.1) is 6.92 Å². The Morgan fingerprint density at radius 2 is 1.80 bits per heavy atom. The molecule has 0 bridgehead atoms. The summed E-state index contributed by atoms with van der Waals surface area (Å²) < 4.78 is 12.1. The first kappa shape index (κ1) is 14.9. The molecular weight excluding hydrogens is 320 g/mol. The summed E-state index contributed by atoms with van der Waals surface area (Å²) in [5.74, 6) is 1.48. The molecule has 0 aliphatic rings. The van der Waals surface area contributed by atoms with Crippen LogP contribution in [0.2, 0.25) is 0 Å². The van der Waals surface area contributed by atoms with Gasteiger partial charge in [0.05, 0.1) is 13.7 Å². The minimum absolute atomic E-state index is 0.0558. The van der Waals surface area contributed by atoms with Crippen molar-refractivity contribution in [1.82, 2.24) is 0 Å². The number of hydrogen-bond donors (Lipinski definition) is 1. The maximum Gasteiger partial charge on any atom is 0.125 e. The van der Waals surface area contributed by atoms with E-state index in [4.69, 9.17) is 9.47 Å². The Bertz CT molecular complexity index is 596. The molecule has 3 nitrogen and oxygen atoms in total. The van der Waals surface area contributed by atoms with Gasteiger partial charge < -0.3 is 14.6 Å². The van der Waals surface area contributed by atoms with Crippen LogP contribution in [0.25, 0.3) is 0 Å². The second kappa shape index (κ2) is 6.77. The Morgan fingerprint density at radius 3 is 2.50 bits per heavy atom. The lowest BCUT2D eigenvalue weighted by atomic mass is 10.1. The predicted octanol–water partition coefficient (Wildman–Crippen LogP) is 3.84. The van der Waals surface area contributed by atoms with E-state index in [9.17, 15) is 5.11 Å². The summed E-state index contributed by atoms with van der Waals surface area (Å²) in [6, 6.07) is 11.6. The lowest BCUT2D eigenvalue weighted by Crippen LogP contribution is -2.01. The first-order valence-corrected chi connectivity index (χ1v) is 7.09. The molecule has 0 aliphatic carbocycles. The van der Waals surface area contributed by atoms with Crippen LogP contribution in [-0.4, -0.2) is 12.2 Å². The van der Waals surface area contributed by atoms with Crippen molar-refractivity contribution in [1.29, 1.82) is 0 Å². The fourth-order valence-electron chi connectivity index (χ4n) is 1.99. The first-order valence-electron chi connectivity index (χ1n) is 6.29. The van der Waals surface area contributed by atoms with E-state index in [0.29, 0.717) is 12.4 Å². The molecule has 20 heavy (non-hydrogen) atoms. The van der Waals surface area contributed by atoms with Gasteiger partial charge in [0, 0.05) is 15.6 Å². The smallest absolute Gasteiger partial charge is 0.125 e. The molecule has 0 atom stereocenters. The highest BCUT2D eigenvalue weighted by Gasteiger charge is 2.07. The molecule has 0 spiro atoms. The zero-order valence-corrected chi connectivity index (χ0v) is 13.1. The molecule has 106 valence electrons. The van der Waals surface area contributed by atoms with E-state index in [-0.39, 0.29) is 6.61 Å². The maximum absolute atomic E-state index is 9.36. The maximum atomic E-state index is 9.36. The zero-order chi connectivity index (χ0) is 14.5. The van der Waals surface area contributed by atoms with Crippen molar-refractivity contribution in [3.63, 3.8) is 0 Å². The first-order chi connectivity index (χ1) is 9.63. The Labute approximate surface area is 127 Å². The summed E-state index contributed by atoms with van der Waals surface area (Å²) in [5, 5.41) is 9.36. The van der Waals surface area contributed by atoms with Crippen LogP contribution in [0.3, 0.4) is 0 Å². The third kappa shape index (κ3) is 3.52. The van der Waals surface area contributed by atoms with E-state index in [0.717, 1.165) is 26.9 Å². The number of benzene rings is 2. The van der Waals surface area contributed by atoms with Gasteiger partial charge in [-0.25, -0.2) is 0 Å². The van der Waals surface area contributed by atoms with Crippen LogP contribution in [0.1, 0.15) is 16.7 Å². The van der Waals surface area contributed by atoms with Crippen molar-refractivity contribution in [2.45, 2.75) is 20.1 Å². The van der Waals surface area contributed by atoms with E-state index < -0.39 is 0 Å². The summed E-state index contributed by atoms with van der Waals surface area (Å²) >= 11 is 3.38. The number of hydrogen-bond acceptors (Lipinski definition) is 3. The van der Waals surface area contributed by atoms with Gasteiger partial charge in [0.1, 0.15) is 18.1 Å². The number of ether oxygens (including phenoxy) is 2. The summed E-state index contributed by atoms with van der Waals surface area (Å²) in [4.78, 5) is 0. The molecule has 0 fully saturated rings. The van der Waals surface area contributed by atoms with Gasteiger partial charge in [-0.3, -0.25) is 0 Å². The van der Waals surface area contributed by atoms with Crippen LogP contribution in [0.5, 0.6) is 11.5 Å². The van der Waals surface area contributed by atoms with Crippen LogP contribution in [0.4, 0.5) is 0 Å². The second-order valence-electron chi connectivity index (χ2n) is 4.51. The average molecular weight is 337 g/mol. The van der Waals surface area contributed by atoms with Gasteiger partial charge in [0.25, 0.3) is 0 Å². The summed E-state index contributed by atoms with van der Waals surface area (Å²) in [5.41, 5.74) is 2.90. The molecule has 4 heteroatoms. The molecule has 0 saturated carbocycles. The zero-order valence-electron chi connectivity index (χ0n) is 11.5. The SMILES string of the molecule is COc1ccc(C)cc1COc1ccc(Br)cc1CO. The van der Waals surface area contributed by atoms with Gasteiger partial charge in [-0.2, -0.15) is 0 Å². The molecule has 0 unspecified atom stereocenters. The van der Waals surface area contributed by atoms with Crippen LogP contribution < -0.4 is 9.47 Å². The van der Waals surface area contributed by atoms with Crippen molar-refractivity contribution >= 4 is 15.9 Å². The molecule has 0 heterocycles. The number of aryl methyl sites for hydroxylation is 1. The van der Waals surface area contributed by atoms with Gasteiger partial charge in [0.2, 0.25) is 0 Å². The van der Waals surface area contributed by atoms with Crippen molar-refractivity contribution in [2.24, 2.45) is 0 Å². The Balaban J connectivity index is 2.18. The lowest BCUT2D eigenvalue weighted by Gasteiger charge is -2.13. The van der Waals surface area contributed by atoms with Crippen LogP contribution in [0.15, 0.2) is 40.9 Å².